The Morgan fingerprint density at radius 3 is 2.68 bits per heavy atom. The van der Waals surface area contributed by atoms with Crippen molar-refractivity contribution in [1.29, 1.82) is 0 Å². The van der Waals surface area contributed by atoms with Gasteiger partial charge in [-0.25, -0.2) is 0 Å². The van der Waals surface area contributed by atoms with Crippen LogP contribution in [-0.4, -0.2) is 62.1 Å². The standard InChI is InChI=1S/C23H36N4O/c1-24-23(27-14-11-20(17-27)16-26-12-5-2-6-13-26)25-15-21-7-3-4-8-22(21)28-18-19-9-10-19/h3-4,7-8,19-20H,2,5-6,9-18H2,1H3,(H,24,25). The van der Waals surface area contributed by atoms with Crippen LogP contribution in [0.4, 0.5) is 0 Å². The first-order valence-corrected chi connectivity index (χ1v) is 11.2. The molecule has 28 heavy (non-hydrogen) atoms. The molecule has 0 bridgehead atoms. The Hall–Kier alpha value is -1.75. The highest BCUT2D eigenvalue weighted by Gasteiger charge is 2.27. The molecule has 1 aromatic rings. The van der Waals surface area contributed by atoms with Crippen molar-refractivity contribution in [2.45, 2.75) is 45.1 Å². The highest BCUT2D eigenvalue weighted by molar-refractivity contribution is 5.80. The van der Waals surface area contributed by atoms with Crippen LogP contribution in [0, 0.1) is 11.8 Å². The van der Waals surface area contributed by atoms with E-state index >= 15 is 0 Å². The van der Waals surface area contributed by atoms with Gasteiger partial charge in [-0.1, -0.05) is 24.6 Å². The van der Waals surface area contributed by atoms with Gasteiger partial charge >= 0.3 is 0 Å². The third-order valence-corrected chi connectivity index (χ3v) is 6.34. The van der Waals surface area contributed by atoms with E-state index in [9.17, 15) is 0 Å². The second-order valence-corrected chi connectivity index (χ2v) is 8.72. The molecule has 2 aliphatic heterocycles. The van der Waals surface area contributed by atoms with Crippen LogP contribution < -0.4 is 10.1 Å². The molecule has 1 N–H and O–H groups in total. The third-order valence-electron chi connectivity index (χ3n) is 6.34. The molecule has 1 saturated carbocycles. The first-order chi connectivity index (χ1) is 13.8. The van der Waals surface area contributed by atoms with Crippen LogP contribution in [0.5, 0.6) is 5.75 Å². The Bertz CT molecular complexity index is 652. The molecule has 1 aliphatic carbocycles. The maximum Gasteiger partial charge on any atom is 0.193 e. The fourth-order valence-electron chi connectivity index (χ4n) is 4.47. The lowest BCUT2D eigenvalue weighted by Gasteiger charge is -2.29. The number of nitrogens with one attached hydrogen (secondary N) is 1. The molecule has 1 atom stereocenters. The van der Waals surface area contributed by atoms with Gasteiger partial charge in [-0.05, 0) is 63.1 Å². The van der Waals surface area contributed by atoms with Gasteiger partial charge in [0.25, 0.3) is 0 Å². The average molecular weight is 385 g/mol. The summed E-state index contributed by atoms with van der Waals surface area (Å²) in [4.78, 5) is 9.66. The fourth-order valence-corrected chi connectivity index (χ4v) is 4.47. The van der Waals surface area contributed by atoms with Crippen LogP contribution in [0.25, 0.3) is 0 Å². The second-order valence-electron chi connectivity index (χ2n) is 8.72. The predicted molar refractivity (Wildman–Crippen MR) is 115 cm³/mol. The minimum Gasteiger partial charge on any atom is -0.493 e. The topological polar surface area (TPSA) is 40.1 Å². The summed E-state index contributed by atoms with van der Waals surface area (Å²) in [6, 6.07) is 8.40. The lowest BCUT2D eigenvalue weighted by molar-refractivity contribution is 0.198. The van der Waals surface area contributed by atoms with Gasteiger partial charge in [-0.2, -0.15) is 0 Å². The molecule has 5 heteroatoms. The normalized spacial score (nSPS) is 23.8. The molecule has 2 heterocycles. The molecule has 0 aromatic heterocycles. The number of ether oxygens (including phenoxy) is 1. The van der Waals surface area contributed by atoms with Crippen LogP contribution in [0.1, 0.15) is 44.1 Å². The van der Waals surface area contributed by atoms with Crippen molar-refractivity contribution < 1.29 is 4.74 Å². The van der Waals surface area contributed by atoms with E-state index in [0.29, 0.717) is 0 Å². The number of rotatable bonds is 7. The molecule has 0 spiro atoms. The molecule has 0 radical (unpaired) electrons. The van der Waals surface area contributed by atoms with Crippen LogP contribution in [0.2, 0.25) is 0 Å². The maximum atomic E-state index is 6.06. The van der Waals surface area contributed by atoms with Crippen molar-refractivity contribution >= 4 is 5.96 Å². The molecule has 154 valence electrons. The van der Waals surface area contributed by atoms with Gasteiger partial charge in [0.05, 0.1) is 6.61 Å². The van der Waals surface area contributed by atoms with Crippen LogP contribution in [-0.2, 0) is 6.54 Å². The largest absolute Gasteiger partial charge is 0.493 e. The first kappa shape index (κ1) is 19.6. The Labute approximate surface area is 170 Å². The number of piperidine rings is 1. The van der Waals surface area contributed by atoms with Crippen LogP contribution >= 0.6 is 0 Å². The second kappa shape index (κ2) is 9.64. The van der Waals surface area contributed by atoms with Crippen LogP contribution in [0.15, 0.2) is 29.3 Å². The minimum absolute atomic E-state index is 0.765. The van der Waals surface area contributed by atoms with E-state index < -0.39 is 0 Å². The quantitative estimate of drug-likeness (QED) is 0.578. The highest BCUT2D eigenvalue weighted by atomic mass is 16.5. The first-order valence-electron chi connectivity index (χ1n) is 11.2. The molecule has 3 fully saturated rings. The summed E-state index contributed by atoms with van der Waals surface area (Å²) < 4.78 is 6.06. The molecular weight excluding hydrogens is 348 g/mol. The zero-order valence-corrected chi connectivity index (χ0v) is 17.4. The highest BCUT2D eigenvalue weighted by Crippen LogP contribution is 2.30. The third kappa shape index (κ3) is 5.40. The van der Waals surface area contributed by atoms with E-state index in [2.05, 4.69) is 44.4 Å². The van der Waals surface area contributed by atoms with E-state index in [-0.39, 0.29) is 0 Å². The Morgan fingerprint density at radius 2 is 1.89 bits per heavy atom. The molecule has 0 amide bonds. The van der Waals surface area contributed by atoms with Gasteiger partial charge in [-0.3, -0.25) is 4.99 Å². The number of guanidine groups is 1. The summed E-state index contributed by atoms with van der Waals surface area (Å²) in [5.74, 6) is 3.58. The zero-order valence-electron chi connectivity index (χ0n) is 17.4. The maximum absolute atomic E-state index is 6.06. The van der Waals surface area contributed by atoms with Crippen molar-refractivity contribution in [2.75, 3.05) is 46.4 Å². The fraction of sp³-hybridized carbons (Fsp3) is 0.696. The van der Waals surface area contributed by atoms with Gasteiger partial charge in [0.1, 0.15) is 5.75 Å². The number of likely N-dealkylation sites (tertiary alicyclic amines) is 2. The van der Waals surface area contributed by atoms with E-state index in [1.54, 1.807) is 0 Å². The number of aliphatic imine (C=N–C) groups is 1. The summed E-state index contributed by atoms with van der Waals surface area (Å²) in [6.45, 7) is 7.69. The van der Waals surface area contributed by atoms with Gasteiger partial charge in [0, 0.05) is 38.8 Å². The average Bonchev–Trinajstić information content (AvgIpc) is 3.46. The monoisotopic (exact) mass is 384 g/mol. The summed E-state index contributed by atoms with van der Waals surface area (Å²) in [5, 5.41) is 3.58. The van der Waals surface area contributed by atoms with E-state index in [1.807, 2.05) is 7.05 Å². The summed E-state index contributed by atoms with van der Waals surface area (Å²) in [6.07, 6.45) is 8.08. The smallest absolute Gasteiger partial charge is 0.193 e. The SMILES string of the molecule is CN=C(NCc1ccccc1OCC1CC1)N1CCC(CN2CCCCC2)C1. The Balaban J connectivity index is 1.27. The molecule has 1 aromatic carbocycles. The minimum atomic E-state index is 0.765. The molecule has 3 aliphatic rings. The van der Waals surface area contributed by atoms with Crippen LogP contribution in [0.3, 0.4) is 0 Å². The van der Waals surface area contributed by atoms with E-state index in [0.717, 1.165) is 49.8 Å². The predicted octanol–water partition coefficient (Wildman–Crippen LogP) is 3.36. The Kier molecular flexibility index (Phi) is 6.73. The number of benzene rings is 1. The van der Waals surface area contributed by atoms with Gasteiger partial charge in [0.15, 0.2) is 5.96 Å². The van der Waals surface area contributed by atoms with Gasteiger partial charge in [-0.15, -0.1) is 0 Å². The molecular formula is C23H36N4O. The summed E-state index contributed by atoms with van der Waals surface area (Å²) in [5.41, 5.74) is 1.22. The van der Waals surface area contributed by atoms with E-state index in [1.165, 1.54) is 63.7 Å². The van der Waals surface area contributed by atoms with Crippen molar-refractivity contribution in [3.63, 3.8) is 0 Å². The lowest BCUT2D eigenvalue weighted by atomic mass is 10.1. The Morgan fingerprint density at radius 1 is 1.07 bits per heavy atom. The van der Waals surface area contributed by atoms with Gasteiger partial charge < -0.3 is 19.9 Å². The molecule has 4 rings (SSSR count). The molecule has 1 unspecified atom stereocenters. The van der Waals surface area contributed by atoms with E-state index in [4.69, 9.17) is 4.74 Å². The summed E-state index contributed by atoms with van der Waals surface area (Å²) in [7, 11) is 1.90. The number of hydrogen-bond acceptors (Lipinski definition) is 3. The molecule has 2 saturated heterocycles. The zero-order chi connectivity index (χ0) is 19.2. The van der Waals surface area contributed by atoms with Crippen molar-refractivity contribution in [3.8, 4) is 5.75 Å². The van der Waals surface area contributed by atoms with Gasteiger partial charge in [0.2, 0.25) is 0 Å². The number of para-hydroxylation sites is 1. The van der Waals surface area contributed by atoms with Crippen molar-refractivity contribution in [1.82, 2.24) is 15.1 Å². The number of nitrogens with zero attached hydrogens (tertiary/aromatic N) is 3. The lowest BCUT2D eigenvalue weighted by Crippen LogP contribution is -2.41. The van der Waals surface area contributed by atoms with Crippen molar-refractivity contribution in [3.05, 3.63) is 29.8 Å². The molecule has 5 nitrogen and oxygen atoms in total. The summed E-state index contributed by atoms with van der Waals surface area (Å²) >= 11 is 0. The van der Waals surface area contributed by atoms with Crippen molar-refractivity contribution in [2.24, 2.45) is 16.8 Å². The number of hydrogen-bond donors (Lipinski definition) is 1.